The van der Waals surface area contributed by atoms with Gasteiger partial charge in [0.15, 0.2) is 5.96 Å². The summed E-state index contributed by atoms with van der Waals surface area (Å²) in [5, 5.41) is 7.22. The molecular formula is C17H29N5O3S2. The van der Waals surface area contributed by atoms with Crippen LogP contribution in [-0.2, 0) is 9.53 Å². The van der Waals surface area contributed by atoms with E-state index in [1.54, 1.807) is 39.7 Å². The van der Waals surface area contributed by atoms with E-state index in [1.807, 2.05) is 13.2 Å². The third-order valence-corrected chi connectivity index (χ3v) is 5.40. The Kier molecular flexibility index (Phi) is 10.2. The summed E-state index contributed by atoms with van der Waals surface area (Å²) in [6, 6.07) is -0.174. The van der Waals surface area contributed by atoms with Crippen molar-refractivity contribution in [3.05, 3.63) is 15.6 Å². The number of thiazole rings is 1. The molecule has 2 N–H and O–H groups in total. The average Bonchev–Trinajstić information content (AvgIpc) is 3.01. The van der Waals surface area contributed by atoms with Crippen LogP contribution in [-0.4, -0.2) is 73.5 Å². The van der Waals surface area contributed by atoms with Crippen molar-refractivity contribution in [1.29, 1.82) is 0 Å². The number of aryl methyl sites for hydroxylation is 1. The van der Waals surface area contributed by atoms with Gasteiger partial charge in [0.05, 0.1) is 18.3 Å². The fourth-order valence-corrected chi connectivity index (χ4v) is 3.24. The van der Waals surface area contributed by atoms with Gasteiger partial charge in [-0.1, -0.05) is 0 Å². The molecule has 1 aromatic rings. The minimum absolute atomic E-state index is 0.0549. The molecule has 0 saturated heterocycles. The molecule has 1 heterocycles. The highest BCUT2D eigenvalue weighted by molar-refractivity contribution is 7.98. The number of carbonyl (C=O) groups excluding carboxylic acids is 2. The molecule has 1 amide bonds. The van der Waals surface area contributed by atoms with Gasteiger partial charge in [-0.05, 0) is 27.0 Å². The third kappa shape index (κ3) is 7.76. The molecule has 0 radical (unpaired) electrons. The summed E-state index contributed by atoms with van der Waals surface area (Å²) in [4.78, 5) is 34.7. The Labute approximate surface area is 169 Å². The number of ether oxygens (including phenoxy) is 1. The zero-order valence-electron chi connectivity index (χ0n) is 16.8. The molecule has 0 spiro atoms. The molecule has 1 aromatic heterocycles. The van der Waals surface area contributed by atoms with Gasteiger partial charge in [-0.25, -0.2) is 14.8 Å². The number of thioether (sulfide) groups is 1. The number of aliphatic imine (C=N–C) groups is 1. The molecule has 8 nitrogen and oxygen atoms in total. The lowest BCUT2D eigenvalue weighted by molar-refractivity contribution is -0.127. The van der Waals surface area contributed by atoms with Gasteiger partial charge in [-0.2, -0.15) is 11.8 Å². The highest BCUT2D eigenvalue weighted by atomic mass is 32.2. The van der Waals surface area contributed by atoms with Crippen molar-refractivity contribution in [1.82, 2.24) is 20.5 Å². The summed E-state index contributed by atoms with van der Waals surface area (Å²) >= 11 is 3.02. The average molecular weight is 416 g/mol. The number of esters is 1. The Morgan fingerprint density at radius 2 is 2.11 bits per heavy atom. The van der Waals surface area contributed by atoms with Crippen LogP contribution >= 0.6 is 23.1 Å². The summed E-state index contributed by atoms with van der Waals surface area (Å²) in [7, 11) is 3.40. The normalized spacial score (nSPS) is 12.4. The number of rotatable bonds is 9. The number of hydrogen-bond donors (Lipinski definition) is 2. The number of likely N-dealkylation sites (N-methyl/N-ethyl adjacent to an activating group) is 1. The molecule has 0 aliphatic heterocycles. The number of hydrogen-bond acceptors (Lipinski definition) is 7. The van der Waals surface area contributed by atoms with E-state index in [4.69, 9.17) is 4.74 Å². The van der Waals surface area contributed by atoms with Crippen molar-refractivity contribution in [3.8, 4) is 0 Å². The Balaban J connectivity index is 2.86. The predicted octanol–water partition coefficient (Wildman–Crippen LogP) is 1.68. The van der Waals surface area contributed by atoms with Crippen molar-refractivity contribution >= 4 is 40.9 Å². The van der Waals surface area contributed by atoms with Gasteiger partial charge < -0.3 is 20.3 Å². The summed E-state index contributed by atoms with van der Waals surface area (Å²) in [5.41, 5.74) is 0.652. The van der Waals surface area contributed by atoms with E-state index >= 15 is 0 Å². The van der Waals surface area contributed by atoms with Crippen LogP contribution < -0.4 is 10.6 Å². The lowest BCUT2D eigenvalue weighted by atomic mass is 10.3. The summed E-state index contributed by atoms with van der Waals surface area (Å²) < 4.78 is 5.07. The van der Waals surface area contributed by atoms with Gasteiger partial charge in [0.25, 0.3) is 0 Å². The van der Waals surface area contributed by atoms with Crippen LogP contribution in [0.15, 0.2) is 4.99 Å². The minimum atomic E-state index is -0.352. The second-order valence-corrected chi connectivity index (χ2v) is 7.94. The lowest BCUT2D eigenvalue weighted by Gasteiger charge is -2.17. The molecule has 0 saturated carbocycles. The fourth-order valence-electron chi connectivity index (χ4n) is 1.97. The van der Waals surface area contributed by atoms with Gasteiger partial charge in [-0.15, -0.1) is 11.3 Å². The van der Waals surface area contributed by atoms with Crippen LogP contribution in [0.1, 0.15) is 40.3 Å². The Hall–Kier alpha value is -1.81. The quantitative estimate of drug-likeness (QED) is 0.274. The maximum Gasteiger partial charge on any atom is 0.350 e. The summed E-state index contributed by atoms with van der Waals surface area (Å²) in [5.74, 6) is 1.02. The van der Waals surface area contributed by atoms with E-state index in [9.17, 15) is 9.59 Å². The number of nitrogens with one attached hydrogen (secondary N) is 2. The smallest absolute Gasteiger partial charge is 0.350 e. The molecule has 0 aliphatic carbocycles. The monoisotopic (exact) mass is 415 g/mol. The van der Waals surface area contributed by atoms with E-state index in [-0.39, 0.29) is 24.5 Å². The Morgan fingerprint density at radius 1 is 1.41 bits per heavy atom. The molecule has 27 heavy (non-hydrogen) atoms. The van der Waals surface area contributed by atoms with E-state index < -0.39 is 0 Å². The largest absolute Gasteiger partial charge is 0.462 e. The zero-order valence-corrected chi connectivity index (χ0v) is 18.4. The van der Waals surface area contributed by atoms with Crippen LogP contribution in [0, 0.1) is 6.92 Å². The van der Waals surface area contributed by atoms with E-state index in [0.717, 1.165) is 17.3 Å². The fraction of sp³-hybridized carbons (Fsp3) is 0.647. The van der Waals surface area contributed by atoms with Gasteiger partial charge in [0.1, 0.15) is 16.4 Å². The molecular weight excluding hydrogens is 386 g/mol. The predicted molar refractivity (Wildman–Crippen MR) is 112 cm³/mol. The van der Waals surface area contributed by atoms with Gasteiger partial charge in [0.2, 0.25) is 5.91 Å². The molecule has 0 fully saturated rings. The van der Waals surface area contributed by atoms with Crippen molar-refractivity contribution < 1.29 is 14.3 Å². The maximum atomic E-state index is 12.0. The number of carbonyl (C=O) groups is 2. The van der Waals surface area contributed by atoms with Crippen molar-refractivity contribution in [2.45, 2.75) is 26.8 Å². The first kappa shape index (κ1) is 23.2. The molecule has 0 aromatic carbocycles. The molecule has 1 atom stereocenters. The lowest BCUT2D eigenvalue weighted by Crippen LogP contribution is -2.40. The second kappa shape index (κ2) is 11.8. The molecule has 152 valence electrons. The van der Waals surface area contributed by atoms with Crippen LogP contribution in [0.5, 0.6) is 0 Å². The third-order valence-electron chi connectivity index (χ3n) is 3.47. The van der Waals surface area contributed by atoms with Crippen LogP contribution in [0.3, 0.4) is 0 Å². The minimum Gasteiger partial charge on any atom is -0.462 e. The zero-order chi connectivity index (χ0) is 20.4. The summed E-state index contributed by atoms with van der Waals surface area (Å²) in [6.45, 7) is 6.61. The standard InChI is InChI=1S/C17H29N5O3S2/c1-7-25-16(24)14-11(2)20-15(27-14)12(3)21-17(18-8-9-26-6)19-10-13(23)22(4)5/h12H,7-10H2,1-6H3,(H2,18,19,21). The Morgan fingerprint density at radius 3 is 2.70 bits per heavy atom. The first-order valence-corrected chi connectivity index (χ1v) is 10.9. The number of nitrogens with zero attached hydrogens (tertiary/aromatic N) is 3. The SMILES string of the molecule is CCOC(=O)c1sc(C(C)NC(=NCC(=O)N(C)C)NCCSC)nc1C. The molecule has 0 aliphatic rings. The van der Waals surface area contributed by atoms with Gasteiger partial charge in [-0.3, -0.25) is 4.79 Å². The maximum absolute atomic E-state index is 12.0. The van der Waals surface area contributed by atoms with Gasteiger partial charge in [0, 0.05) is 26.4 Å². The van der Waals surface area contributed by atoms with Crippen molar-refractivity contribution in [2.24, 2.45) is 4.99 Å². The highest BCUT2D eigenvalue weighted by Crippen LogP contribution is 2.24. The van der Waals surface area contributed by atoms with Crippen LogP contribution in [0.2, 0.25) is 0 Å². The van der Waals surface area contributed by atoms with Crippen molar-refractivity contribution in [2.75, 3.05) is 45.8 Å². The first-order valence-electron chi connectivity index (χ1n) is 8.68. The molecule has 1 rings (SSSR count). The number of guanidine groups is 1. The van der Waals surface area contributed by atoms with Crippen LogP contribution in [0.25, 0.3) is 0 Å². The Bertz CT molecular complexity index is 661. The topological polar surface area (TPSA) is 95.9 Å². The van der Waals surface area contributed by atoms with E-state index in [0.29, 0.717) is 23.1 Å². The molecule has 0 bridgehead atoms. The molecule has 1 unspecified atom stereocenters. The van der Waals surface area contributed by atoms with Crippen molar-refractivity contribution in [3.63, 3.8) is 0 Å². The van der Waals surface area contributed by atoms with Gasteiger partial charge >= 0.3 is 5.97 Å². The van der Waals surface area contributed by atoms with Crippen LogP contribution in [0.4, 0.5) is 0 Å². The number of aromatic nitrogens is 1. The molecule has 10 heteroatoms. The first-order chi connectivity index (χ1) is 12.8. The van der Waals surface area contributed by atoms with E-state index in [1.165, 1.54) is 16.2 Å². The second-order valence-electron chi connectivity index (χ2n) is 5.93. The number of amides is 1. The summed E-state index contributed by atoms with van der Waals surface area (Å²) in [6.07, 6.45) is 2.03. The highest BCUT2D eigenvalue weighted by Gasteiger charge is 2.20. The van der Waals surface area contributed by atoms with E-state index in [2.05, 4.69) is 20.6 Å².